The van der Waals surface area contributed by atoms with E-state index in [0.717, 1.165) is 48.8 Å². The Labute approximate surface area is 138 Å². The molecule has 2 bridgehead atoms. The van der Waals surface area contributed by atoms with Gasteiger partial charge in [0.15, 0.2) is 11.6 Å². The highest BCUT2D eigenvalue weighted by Gasteiger charge is 2.62. The smallest absolute Gasteiger partial charge is 0.167 e. The summed E-state index contributed by atoms with van der Waals surface area (Å²) in [5, 5.41) is 0. The number of aryl methyl sites for hydroxylation is 1. The molecule has 3 aliphatic rings. The molecule has 0 aromatic heterocycles. The molecule has 2 heteroatoms. The molecule has 0 N–H and O–H groups in total. The van der Waals surface area contributed by atoms with Crippen molar-refractivity contribution in [1.82, 2.24) is 0 Å². The van der Waals surface area contributed by atoms with Crippen molar-refractivity contribution in [2.75, 3.05) is 0 Å². The number of hydrogen-bond acceptors (Lipinski definition) is 2. The molecule has 4 unspecified atom stereocenters. The van der Waals surface area contributed by atoms with Crippen LogP contribution in [-0.2, 0) is 6.42 Å². The molecule has 0 heterocycles. The van der Waals surface area contributed by atoms with Crippen molar-refractivity contribution in [2.24, 2.45) is 23.2 Å². The minimum absolute atomic E-state index is 0.0268. The first kappa shape index (κ1) is 15.1. The summed E-state index contributed by atoms with van der Waals surface area (Å²) in [6.45, 7) is 4.43. The van der Waals surface area contributed by atoms with Crippen LogP contribution in [0, 0.1) is 23.2 Å². The maximum atomic E-state index is 13.3. The summed E-state index contributed by atoms with van der Waals surface area (Å²) < 4.78 is 0. The fourth-order valence-electron chi connectivity index (χ4n) is 5.66. The first-order chi connectivity index (χ1) is 11.1. The number of Topliss-reactive ketones (excluding diaryl/α,β-unsaturated/α-hetero) is 2. The van der Waals surface area contributed by atoms with Crippen molar-refractivity contribution in [2.45, 2.75) is 58.8 Å². The summed E-state index contributed by atoms with van der Waals surface area (Å²) in [7, 11) is 0. The van der Waals surface area contributed by atoms with Gasteiger partial charge in [0.25, 0.3) is 0 Å². The third-order valence-electron chi connectivity index (χ3n) is 6.73. The van der Waals surface area contributed by atoms with Crippen LogP contribution in [0.5, 0.6) is 0 Å². The van der Waals surface area contributed by atoms with Crippen LogP contribution in [-0.4, -0.2) is 11.6 Å². The SMILES string of the molecule is CCCCCc1cccc2c1C(=O)C1C3CCC(C)(C3)C1C2=O. The van der Waals surface area contributed by atoms with Crippen LogP contribution in [0.2, 0.25) is 0 Å². The lowest BCUT2D eigenvalue weighted by Gasteiger charge is -2.39. The van der Waals surface area contributed by atoms with Crippen LogP contribution in [0.15, 0.2) is 18.2 Å². The van der Waals surface area contributed by atoms with Gasteiger partial charge in [0.1, 0.15) is 0 Å². The molecule has 122 valence electrons. The van der Waals surface area contributed by atoms with Gasteiger partial charge in [0.05, 0.1) is 0 Å². The van der Waals surface area contributed by atoms with E-state index in [1.165, 1.54) is 12.8 Å². The number of carbonyl (C=O) groups is 2. The predicted molar refractivity (Wildman–Crippen MR) is 90.8 cm³/mol. The average Bonchev–Trinajstić information content (AvgIpc) is 3.06. The standard InChI is InChI=1S/C21H26O2/c1-3-4-5-7-13-8-6-9-15-16(13)20(23)17-14-10-11-21(2,12-14)18(17)19(15)22/h6,8-9,14,17-18H,3-5,7,10-12H2,1-2H3. The number of ketones is 2. The van der Waals surface area contributed by atoms with Crippen molar-refractivity contribution in [3.8, 4) is 0 Å². The molecular formula is C21H26O2. The van der Waals surface area contributed by atoms with E-state index in [1.807, 2.05) is 12.1 Å². The molecule has 3 aliphatic carbocycles. The highest BCUT2D eigenvalue weighted by atomic mass is 16.1. The van der Waals surface area contributed by atoms with Crippen molar-refractivity contribution in [1.29, 1.82) is 0 Å². The molecule has 2 nitrogen and oxygen atoms in total. The van der Waals surface area contributed by atoms with Gasteiger partial charge in [-0.2, -0.15) is 0 Å². The topological polar surface area (TPSA) is 34.1 Å². The predicted octanol–water partition coefficient (Wildman–Crippen LogP) is 4.85. The third-order valence-corrected chi connectivity index (χ3v) is 6.73. The molecule has 1 aromatic carbocycles. The van der Waals surface area contributed by atoms with Crippen LogP contribution >= 0.6 is 0 Å². The van der Waals surface area contributed by atoms with E-state index in [4.69, 9.17) is 0 Å². The van der Waals surface area contributed by atoms with Gasteiger partial charge in [0.2, 0.25) is 0 Å². The zero-order valence-corrected chi connectivity index (χ0v) is 14.2. The number of fused-ring (bicyclic) bond motifs is 6. The van der Waals surface area contributed by atoms with Gasteiger partial charge >= 0.3 is 0 Å². The number of unbranched alkanes of at least 4 members (excludes halogenated alkanes) is 2. The first-order valence-corrected chi connectivity index (χ1v) is 9.27. The second kappa shape index (κ2) is 5.29. The molecule has 2 fully saturated rings. The molecule has 23 heavy (non-hydrogen) atoms. The second-order valence-electron chi connectivity index (χ2n) is 8.19. The second-order valence-corrected chi connectivity index (χ2v) is 8.19. The number of carbonyl (C=O) groups excluding carboxylic acids is 2. The Morgan fingerprint density at radius 1 is 1.17 bits per heavy atom. The van der Waals surface area contributed by atoms with E-state index in [9.17, 15) is 9.59 Å². The molecule has 0 aliphatic heterocycles. The van der Waals surface area contributed by atoms with Crippen LogP contribution < -0.4 is 0 Å². The Kier molecular flexibility index (Phi) is 3.48. The van der Waals surface area contributed by atoms with E-state index in [-0.39, 0.29) is 28.8 Å². The normalized spacial score (nSPS) is 34.6. The van der Waals surface area contributed by atoms with E-state index in [1.54, 1.807) is 0 Å². The number of benzene rings is 1. The van der Waals surface area contributed by atoms with E-state index in [0.29, 0.717) is 5.92 Å². The van der Waals surface area contributed by atoms with Crippen molar-refractivity contribution < 1.29 is 9.59 Å². The third kappa shape index (κ3) is 2.07. The minimum Gasteiger partial charge on any atom is -0.294 e. The molecule has 4 atom stereocenters. The summed E-state index contributed by atoms with van der Waals surface area (Å²) in [5.74, 6) is 0.906. The fourth-order valence-corrected chi connectivity index (χ4v) is 5.66. The van der Waals surface area contributed by atoms with Gasteiger partial charge < -0.3 is 0 Å². The summed E-state index contributed by atoms with van der Waals surface area (Å²) in [6.07, 6.45) is 7.69. The maximum absolute atomic E-state index is 13.3. The van der Waals surface area contributed by atoms with Gasteiger partial charge in [-0.3, -0.25) is 9.59 Å². The largest absolute Gasteiger partial charge is 0.294 e. The Morgan fingerprint density at radius 3 is 2.78 bits per heavy atom. The number of rotatable bonds is 4. The van der Waals surface area contributed by atoms with Crippen molar-refractivity contribution in [3.63, 3.8) is 0 Å². The Balaban J connectivity index is 1.76. The van der Waals surface area contributed by atoms with Crippen molar-refractivity contribution in [3.05, 3.63) is 34.9 Å². The monoisotopic (exact) mass is 310 g/mol. The molecule has 1 aromatic rings. The van der Waals surface area contributed by atoms with Crippen LogP contribution in [0.1, 0.15) is 78.7 Å². The Morgan fingerprint density at radius 2 is 2.00 bits per heavy atom. The fraction of sp³-hybridized carbons (Fsp3) is 0.619. The summed E-state index contributed by atoms with van der Waals surface area (Å²) in [6, 6.07) is 5.93. The Hall–Kier alpha value is -1.44. The molecule has 0 saturated heterocycles. The maximum Gasteiger partial charge on any atom is 0.167 e. The summed E-state index contributed by atoms with van der Waals surface area (Å²) >= 11 is 0. The zero-order valence-electron chi connectivity index (χ0n) is 14.2. The molecule has 2 saturated carbocycles. The van der Waals surface area contributed by atoms with Crippen molar-refractivity contribution >= 4 is 11.6 Å². The number of hydrogen-bond donors (Lipinski definition) is 0. The average molecular weight is 310 g/mol. The van der Waals surface area contributed by atoms with E-state index in [2.05, 4.69) is 19.9 Å². The van der Waals surface area contributed by atoms with Crippen LogP contribution in [0.25, 0.3) is 0 Å². The lowest BCUT2D eigenvalue weighted by Crippen LogP contribution is -2.44. The highest BCUT2D eigenvalue weighted by molar-refractivity contribution is 6.17. The van der Waals surface area contributed by atoms with Gasteiger partial charge in [-0.1, -0.05) is 44.9 Å². The highest BCUT2D eigenvalue weighted by Crippen LogP contribution is 2.63. The lowest BCUT2D eigenvalue weighted by atomic mass is 9.62. The van der Waals surface area contributed by atoms with Crippen LogP contribution in [0.4, 0.5) is 0 Å². The molecule has 4 rings (SSSR count). The van der Waals surface area contributed by atoms with Gasteiger partial charge in [-0.15, -0.1) is 0 Å². The zero-order chi connectivity index (χ0) is 16.2. The van der Waals surface area contributed by atoms with Gasteiger partial charge in [-0.25, -0.2) is 0 Å². The lowest BCUT2D eigenvalue weighted by molar-refractivity contribution is 0.0572. The minimum atomic E-state index is -0.0489. The van der Waals surface area contributed by atoms with E-state index >= 15 is 0 Å². The molecule has 0 spiro atoms. The summed E-state index contributed by atoms with van der Waals surface area (Å²) in [5.41, 5.74) is 2.68. The first-order valence-electron chi connectivity index (χ1n) is 9.27. The van der Waals surface area contributed by atoms with Gasteiger partial charge in [0, 0.05) is 23.0 Å². The molecule has 0 amide bonds. The Bertz CT molecular complexity index is 674. The van der Waals surface area contributed by atoms with Gasteiger partial charge in [-0.05, 0) is 49.0 Å². The summed E-state index contributed by atoms with van der Waals surface area (Å²) in [4.78, 5) is 26.4. The van der Waals surface area contributed by atoms with E-state index < -0.39 is 0 Å². The quantitative estimate of drug-likeness (QED) is 0.745. The molecular weight excluding hydrogens is 284 g/mol. The van der Waals surface area contributed by atoms with Crippen LogP contribution in [0.3, 0.4) is 0 Å². The molecule has 0 radical (unpaired) electrons.